The Morgan fingerprint density at radius 3 is 2.72 bits per heavy atom. The van der Waals surface area contributed by atoms with Crippen molar-refractivity contribution in [1.82, 2.24) is 19.9 Å². The van der Waals surface area contributed by atoms with Gasteiger partial charge in [0.2, 0.25) is 5.91 Å². The predicted octanol–water partition coefficient (Wildman–Crippen LogP) is 2.50. The summed E-state index contributed by atoms with van der Waals surface area (Å²) >= 11 is 0. The van der Waals surface area contributed by atoms with Gasteiger partial charge >= 0.3 is 0 Å². The number of fused-ring (bicyclic) bond motifs is 1. The number of nitrogens with zero attached hydrogens (tertiary/aromatic N) is 3. The molecule has 0 saturated heterocycles. The van der Waals surface area contributed by atoms with Gasteiger partial charge in [-0.3, -0.25) is 4.79 Å². The van der Waals surface area contributed by atoms with E-state index in [1.807, 2.05) is 45.2 Å². The molecule has 0 aliphatic rings. The van der Waals surface area contributed by atoms with Crippen LogP contribution in [0.15, 0.2) is 6.07 Å². The van der Waals surface area contributed by atoms with Crippen molar-refractivity contribution in [1.29, 1.82) is 0 Å². The quantitative estimate of drug-likeness (QED) is 0.807. The Labute approximate surface area is 149 Å². The Morgan fingerprint density at radius 1 is 1.40 bits per heavy atom. The maximum atomic E-state index is 12.2. The molecule has 0 aromatic carbocycles. The topological polar surface area (TPSA) is 79.5 Å². The summed E-state index contributed by atoms with van der Waals surface area (Å²) in [6, 6.07) is 1.95. The first-order chi connectivity index (χ1) is 11.7. The molecule has 2 unspecified atom stereocenters. The van der Waals surface area contributed by atoms with Crippen molar-refractivity contribution < 1.29 is 9.90 Å². The number of rotatable bonds is 7. The predicted molar refractivity (Wildman–Crippen MR) is 98.6 cm³/mol. The van der Waals surface area contributed by atoms with Gasteiger partial charge in [-0.2, -0.15) is 5.10 Å². The SMILES string of the molecule is CCC(C)C(C)(O)CNC(=O)CCc1c(C)nc2cc(C)nn2c1C. The molecule has 0 spiro atoms. The zero-order valence-corrected chi connectivity index (χ0v) is 16.2. The molecular weight excluding hydrogens is 316 g/mol. The summed E-state index contributed by atoms with van der Waals surface area (Å²) in [5.74, 6) is 0.0751. The van der Waals surface area contributed by atoms with Gasteiger partial charge in [0.05, 0.1) is 11.3 Å². The van der Waals surface area contributed by atoms with E-state index in [0.717, 1.165) is 34.7 Å². The van der Waals surface area contributed by atoms with Gasteiger partial charge in [-0.05, 0) is 45.6 Å². The van der Waals surface area contributed by atoms with Gasteiger partial charge in [-0.25, -0.2) is 9.50 Å². The van der Waals surface area contributed by atoms with Crippen LogP contribution in [0.1, 0.15) is 56.3 Å². The van der Waals surface area contributed by atoms with E-state index in [0.29, 0.717) is 12.8 Å². The Bertz CT molecular complexity index is 764. The Balaban J connectivity index is 2.01. The minimum absolute atomic E-state index is 0.0564. The number of aryl methyl sites for hydroxylation is 3. The maximum absolute atomic E-state index is 12.2. The summed E-state index contributed by atoms with van der Waals surface area (Å²) in [4.78, 5) is 16.8. The number of carbonyl (C=O) groups is 1. The van der Waals surface area contributed by atoms with E-state index in [1.54, 1.807) is 6.92 Å². The fraction of sp³-hybridized carbons (Fsp3) is 0.632. The number of amides is 1. The zero-order chi connectivity index (χ0) is 18.8. The van der Waals surface area contributed by atoms with Crippen LogP contribution in [0, 0.1) is 26.7 Å². The van der Waals surface area contributed by atoms with E-state index in [-0.39, 0.29) is 18.4 Å². The van der Waals surface area contributed by atoms with Crippen LogP contribution >= 0.6 is 0 Å². The highest BCUT2D eigenvalue weighted by molar-refractivity contribution is 5.76. The smallest absolute Gasteiger partial charge is 0.220 e. The van der Waals surface area contributed by atoms with Crippen LogP contribution in [0.2, 0.25) is 0 Å². The van der Waals surface area contributed by atoms with Gasteiger partial charge in [-0.15, -0.1) is 0 Å². The first-order valence-electron chi connectivity index (χ1n) is 8.97. The van der Waals surface area contributed by atoms with Gasteiger partial charge in [0.25, 0.3) is 0 Å². The third-order valence-electron chi connectivity index (χ3n) is 5.21. The Kier molecular flexibility index (Phi) is 5.83. The zero-order valence-electron chi connectivity index (χ0n) is 16.2. The molecule has 2 aromatic heterocycles. The molecule has 2 aromatic rings. The minimum Gasteiger partial charge on any atom is -0.388 e. The van der Waals surface area contributed by atoms with E-state index >= 15 is 0 Å². The van der Waals surface area contributed by atoms with Crippen LogP contribution in [0.5, 0.6) is 0 Å². The molecule has 0 aliphatic carbocycles. The third-order valence-corrected chi connectivity index (χ3v) is 5.21. The lowest BCUT2D eigenvalue weighted by atomic mass is 9.88. The van der Waals surface area contributed by atoms with Crippen LogP contribution in [0.4, 0.5) is 0 Å². The highest BCUT2D eigenvalue weighted by atomic mass is 16.3. The van der Waals surface area contributed by atoms with Gasteiger partial charge < -0.3 is 10.4 Å². The minimum atomic E-state index is -0.886. The van der Waals surface area contributed by atoms with E-state index < -0.39 is 5.60 Å². The van der Waals surface area contributed by atoms with E-state index in [2.05, 4.69) is 15.4 Å². The molecule has 2 atom stereocenters. The standard InChI is InChI=1S/C19H30N4O2/c1-7-12(2)19(6,25)11-20-18(24)9-8-16-14(4)21-17-10-13(3)22-23(17)15(16)5/h10,12,25H,7-9,11H2,1-6H3,(H,20,24). The summed E-state index contributed by atoms with van der Waals surface area (Å²) in [5.41, 5.74) is 3.89. The second kappa shape index (κ2) is 7.52. The van der Waals surface area contributed by atoms with E-state index in [9.17, 15) is 9.90 Å². The highest BCUT2D eigenvalue weighted by Crippen LogP contribution is 2.19. The Hall–Kier alpha value is -1.95. The molecule has 0 radical (unpaired) electrons. The molecule has 2 heterocycles. The van der Waals surface area contributed by atoms with Crippen molar-refractivity contribution in [2.24, 2.45) is 5.92 Å². The third kappa shape index (κ3) is 4.37. The van der Waals surface area contributed by atoms with E-state index in [1.165, 1.54) is 0 Å². The molecule has 0 bridgehead atoms. The van der Waals surface area contributed by atoms with Crippen molar-refractivity contribution in [3.8, 4) is 0 Å². The number of nitrogens with one attached hydrogen (secondary N) is 1. The van der Waals surface area contributed by atoms with Crippen LogP contribution in [0.25, 0.3) is 5.65 Å². The number of carbonyl (C=O) groups excluding carboxylic acids is 1. The Morgan fingerprint density at radius 2 is 2.08 bits per heavy atom. The molecule has 2 rings (SSSR count). The van der Waals surface area contributed by atoms with Crippen molar-refractivity contribution in [3.05, 3.63) is 28.7 Å². The van der Waals surface area contributed by atoms with E-state index in [4.69, 9.17) is 0 Å². The molecule has 6 heteroatoms. The fourth-order valence-electron chi connectivity index (χ4n) is 3.02. The summed E-state index contributed by atoms with van der Waals surface area (Å²) in [6.45, 7) is 12.0. The van der Waals surface area contributed by atoms with Crippen molar-refractivity contribution in [2.45, 2.75) is 66.4 Å². The number of hydrogen-bond donors (Lipinski definition) is 2. The maximum Gasteiger partial charge on any atom is 0.220 e. The largest absolute Gasteiger partial charge is 0.388 e. The van der Waals surface area contributed by atoms with Crippen molar-refractivity contribution in [3.63, 3.8) is 0 Å². The van der Waals surface area contributed by atoms with Crippen LogP contribution in [-0.2, 0) is 11.2 Å². The molecule has 2 N–H and O–H groups in total. The van der Waals surface area contributed by atoms with Gasteiger partial charge in [0, 0.05) is 30.4 Å². The van der Waals surface area contributed by atoms with Gasteiger partial charge in [-0.1, -0.05) is 20.3 Å². The summed E-state index contributed by atoms with van der Waals surface area (Å²) in [6.07, 6.45) is 1.85. The van der Waals surface area contributed by atoms with Crippen molar-refractivity contribution in [2.75, 3.05) is 6.54 Å². The summed E-state index contributed by atoms with van der Waals surface area (Å²) < 4.78 is 1.84. The molecule has 6 nitrogen and oxygen atoms in total. The molecule has 0 fully saturated rings. The van der Waals surface area contributed by atoms with Gasteiger partial charge in [0.15, 0.2) is 5.65 Å². The summed E-state index contributed by atoms with van der Waals surface area (Å²) in [7, 11) is 0. The second-order valence-electron chi connectivity index (χ2n) is 7.26. The number of aromatic nitrogens is 3. The summed E-state index contributed by atoms with van der Waals surface area (Å²) in [5, 5.41) is 17.7. The van der Waals surface area contributed by atoms with Crippen molar-refractivity contribution >= 4 is 11.6 Å². The molecule has 138 valence electrons. The van der Waals surface area contributed by atoms with Gasteiger partial charge in [0.1, 0.15) is 0 Å². The first kappa shape index (κ1) is 19.4. The highest BCUT2D eigenvalue weighted by Gasteiger charge is 2.27. The lowest BCUT2D eigenvalue weighted by Gasteiger charge is -2.29. The normalized spacial score (nSPS) is 15.2. The molecular formula is C19H30N4O2. The molecule has 0 aliphatic heterocycles. The fourth-order valence-corrected chi connectivity index (χ4v) is 3.02. The van der Waals surface area contributed by atoms with Crippen LogP contribution < -0.4 is 5.32 Å². The van der Waals surface area contributed by atoms with Crippen LogP contribution in [0.3, 0.4) is 0 Å². The second-order valence-corrected chi connectivity index (χ2v) is 7.26. The first-order valence-corrected chi connectivity index (χ1v) is 8.97. The molecule has 1 amide bonds. The number of aliphatic hydroxyl groups is 1. The molecule has 25 heavy (non-hydrogen) atoms. The average molecular weight is 346 g/mol. The average Bonchev–Trinajstić information content (AvgIpc) is 2.92. The monoisotopic (exact) mass is 346 g/mol. The number of hydrogen-bond acceptors (Lipinski definition) is 4. The lowest BCUT2D eigenvalue weighted by Crippen LogP contribution is -2.45. The molecule has 0 saturated carbocycles. The van der Waals surface area contributed by atoms with Crippen LogP contribution in [-0.4, -0.2) is 37.8 Å². The lowest BCUT2D eigenvalue weighted by molar-refractivity contribution is -0.122.